The van der Waals surface area contributed by atoms with Gasteiger partial charge >= 0.3 is 6.03 Å². The van der Waals surface area contributed by atoms with Crippen molar-refractivity contribution in [3.05, 3.63) is 58.7 Å². The first-order valence-corrected chi connectivity index (χ1v) is 9.51. The predicted octanol–water partition coefficient (Wildman–Crippen LogP) is 3.01. The molecule has 136 valence electrons. The van der Waals surface area contributed by atoms with Crippen LogP contribution in [-0.4, -0.2) is 49.5 Å². The van der Waals surface area contributed by atoms with Crippen LogP contribution in [0.3, 0.4) is 0 Å². The van der Waals surface area contributed by atoms with Crippen LogP contribution in [0, 0.1) is 6.92 Å². The second-order valence-electron chi connectivity index (χ2n) is 6.54. The van der Waals surface area contributed by atoms with E-state index >= 15 is 0 Å². The van der Waals surface area contributed by atoms with Crippen LogP contribution in [0.4, 0.5) is 4.79 Å². The maximum Gasteiger partial charge on any atom is 0.322 e. The van der Waals surface area contributed by atoms with Crippen molar-refractivity contribution >= 4 is 17.8 Å². The van der Waals surface area contributed by atoms with Crippen molar-refractivity contribution in [2.24, 2.45) is 0 Å². The lowest BCUT2D eigenvalue weighted by Gasteiger charge is -2.34. The fourth-order valence-electron chi connectivity index (χ4n) is 3.25. The zero-order valence-electron chi connectivity index (χ0n) is 14.8. The molecule has 1 unspecified atom stereocenters. The molecule has 0 aromatic carbocycles. The third-order valence-electron chi connectivity index (χ3n) is 4.58. The number of allylic oxidation sites excluding steroid dienone is 1. The standard InChI is InChI=1S/C18H21N5O2S/c1-13-12-26-18(23(13)10-15-4-3-5-19-9-15)22-7-6-21(17(22)24)11-16-8-14(2)25-20-16/h3-5,8-9,12,18H,6-7,10-11H2,1-2H3. The lowest BCUT2D eigenvalue weighted by Crippen LogP contribution is -2.45. The molecule has 0 spiro atoms. The van der Waals surface area contributed by atoms with E-state index in [0.29, 0.717) is 19.6 Å². The maximum absolute atomic E-state index is 12.9. The van der Waals surface area contributed by atoms with E-state index < -0.39 is 0 Å². The van der Waals surface area contributed by atoms with Crippen molar-refractivity contribution in [2.75, 3.05) is 13.1 Å². The lowest BCUT2D eigenvalue weighted by molar-refractivity contribution is 0.149. The summed E-state index contributed by atoms with van der Waals surface area (Å²) in [7, 11) is 0. The third kappa shape index (κ3) is 3.29. The highest BCUT2D eigenvalue weighted by molar-refractivity contribution is 8.02. The highest BCUT2D eigenvalue weighted by Crippen LogP contribution is 2.36. The van der Waals surface area contributed by atoms with Crippen LogP contribution in [0.2, 0.25) is 0 Å². The molecule has 2 aromatic rings. The minimum absolute atomic E-state index is 0.0215. The molecule has 2 amide bonds. The van der Waals surface area contributed by atoms with Gasteiger partial charge in [0.1, 0.15) is 11.5 Å². The molecule has 1 fully saturated rings. The Kier molecular flexibility index (Phi) is 4.58. The predicted molar refractivity (Wildman–Crippen MR) is 98.7 cm³/mol. The van der Waals surface area contributed by atoms with Gasteiger partial charge in [0.05, 0.1) is 6.54 Å². The van der Waals surface area contributed by atoms with Gasteiger partial charge in [-0.2, -0.15) is 0 Å². The van der Waals surface area contributed by atoms with E-state index in [9.17, 15) is 4.79 Å². The van der Waals surface area contributed by atoms with Gasteiger partial charge in [0, 0.05) is 43.8 Å². The molecule has 0 saturated carbocycles. The van der Waals surface area contributed by atoms with E-state index in [2.05, 4.69) is 33.4 Å². The summed E-state index contributed by atoms with van der Waals surface area (Å²) in [5, 5.41) is 6.12. The van der Waals surface area contributed by atoms with Gasteiger partial charge in [-0.1, -0.05) is 23.0 Å². The minimum atomic E-state index is -0.0215. The Labute approximate surface area is 156 Å². The molecule has 0 N–H and O–H groups in total. The number of carbonyl (C=O) groups is 1. The zero-order chi connectivity index (χ0) is 18.1. The van der Waals surface area contributed by atoms with Crippen LogP contribution < -0.4 is 0 Å². The minimum Gasteiger partial charge on any atom is -0.361 e. The molecule has 0 radical (unpaired) electrons. The normalized spacial score (nSPS) is 20.2. The number of pyridine rings is 1. The summed E-state index contributed by atoms with van der Waals surface area (Å²) in [6, 6.07) is 5.92. The molecule has 0 bridgehead atoms. The van der Waals surface area contributed by atoms with Crippen LogP contribution in [0.15, 0.2) is 46.2 Å². The number of carbonyl (C=O) groups excluding carboxylic acids is 1. The molecule has 1 saturated heterocycles. The smallest absolute Gasteiger partial charge is 0.322 e. The summed E-state index contributed by atoms with van der Waals surface area (Å²) in [6.45, 7) is 6.56. The van der Waals surface area contributed by atoms with Gasteiger partial charge in [-0.3, -0.25) is 9.88 Å². The fraction of sp³-hybridized carbons (Fsp3) is 0.389. The summed E-state index contributed by atoms with van der Waals surface area (Å²) in [6.07, 6.45) is 3.65. The zero-order valence-corrected chi connectivity index (χ0v) is 15.6. The van der Waals surface area contributed by atoms with Gasteiger partial charge in [0.2, 0.25) is 0 Å². The molecular formula is C18H21N5O2S. The van der Waals surface area contributed by atoms with E-state index in [1.54, 1.807) is 18.0 Å². The maximum atomic E-state index is 12.9. The number of aromatic nitrogens is 2. The SMILES string of the molecule is CC1=CSC(N2CCN(Cc3cc(C)on3)C2=O)N1Cc1cccnc1. The van der Waals surface area contributed by atoms with Crippen LogP contribution in [0.5, 0.6) is 0 Å². The second-order valence-corrected chi connectivity index (χ2v) is 7.47. The van der Waals surface area contributed by atoms with Crippen molar-refractivity contribution in [3.63, 3.8) is 0 Å². The number of urea groups is 1. The summed E-state index contributed by atoms with van der Waals surface area (Å²) >= 11 is 1.68. The van der Waals surface area contributed by atoms with Gasteiger partial charge in [-0.05, 0) is 30.9 Å². The van der Waals surface area contributed by atoms with Crippen molar-refractivity contribution in [2.45, 2.75) is 32.4 Å². The summed E-state index contributed by atoms with van der Waals surface area (Å²) < 4.78 is 5.11. The number of rotatable bonds is 5. The molecule has 7 nitrogen and oxygen atoms in total. The molecule has 0 aliphatic carbocycles. The van der Waals surface area contributed by atoms with Gasteiger partial charge in [-0.25, -0.2) is 4.79 Å². The molecule has 4 heterocycles. The number of hydrogen-bond donors (Lipinski definition) is 0. The average molecular weight is 371 g/mol. The fourth-order valence-corrected chi connectivity index (χ4v) is 4.43. The van der Waals surface area contributed by atoms with Crippen molar-refractivity contribution in [1.82, 2.24) is 24.8 Å². The van der Waals surface area contributed by atoms with E-state index in [-0.39, 0.29) is 11.5 Å². The van der Waals surface area contributed by atoms with Gasteiger partial charge in [0.25, 0.3) is 0 Å². The number of amides is 2. The molecule has 1 atom stereocenters. The Morgan fingerprint density at radius 2 is 2.19 bits per heavy atom. The Balaban J connectivity index is 1.45. The largest absolute Gasteiger partial charge is 0.361 e. The van der Waals surface area contributed by atoms with Crippen LogP contribution in [0.1, 0.15) is 23.9 Å². The first kappa shape index (κ1) is 17.0. The monoisotopic (exact) mass is 371 g/mol. The van der Waals surface area contributed by atoms with Crippen LogP contribution in [-0.2, 0) is 13.1 Å². The summed E-state index contributed by atoms with van der Waals surface area (Å²) in [4.78, 5) is 23.1. The molecule has 4 rings (SSSR count). The summed E-state index contributed by atoms with van der Waals surface area (Å²) in [5.41, 5.74) is 3.07. The first-order valence-electron chi connectivity index (χ1n) is 8.57. The van der Waals surface area contributed by atoms with Crippen molar-refractivity contribution in [3.8, 4) is 0 Å². The number of aryl methyl sites for hydroxylation is 1. The molecule has 8 heteroatoms. The molecular weight excluding hydrogens is 350 g/mol. The number of nitrogens with zero attached hydrogens (tertiary/aromatic N) is 5. The van der Waals surface area contributed by atoms with Gasteiger partial charge in [0.15, 0.2) is 5.50 Å². The van der Waals surface area contributed by atoms with Crippen molar-refractivity contribution < 1.29 is 9.32 Å². The van der Waals surface area contributed by atoms with Crippen LogP contribution in [0.25, 0.3) is 0 Å². The van der Waals surface area contributed by atoms with Gasteiger partial charge < -0.3 is 14.3 Å². The quantitative estimate of drug-likeness (QED) is 0.805. The second kappa shape index (κ2) is 7.03. The first-order chi connectivity index (χ1) is 12.6. The van der Waals surface area contributed by atoms with Gasteiger partial charge in [-0.15, -0.1) is 0 Å². The molecule has 2 aliphatic rings. The summed E-state index contributed by atoms with van der Waals surface area (Å²) in [5.74, 6) is 0.761. The average Bonchev–Trinajstić information content (AvgIpc) is 3.31. The molecule has 26 heavy (non-hydrogen) atoms. The number of thioether (sulfide) groups is 1. The highest BCUT2D eigenvalue weighted by atomic mass is 32.2. The Bertz CT molecular complexity index is 822. The van der Waals surface area contributed by atoms with Crippen molar-refractivity contribution in [1.29, 1.82) is 0 Å². The number of hydrogen-bond acceptors (Lipinski definition) is 6. The van der Waals surface area contributed by atoms with E-state index in [4.69, 9.17) is 4.52 Å². The Morgan fingerprint density at radius 3 is 2.92 bits per heavy atom. The Morgan fingerprint density at radius 1 is 1.31 bits per heavy atom. The topological polar surface area (TPSA) is 65.7 Å². The highest BCUT2D eigenvalue weighted by Gasteiger charge is 2.39. The molecule has 2 aromatic heterocycles. The van der Waals surface area contributed by atoms with Crippen LogP contribution >= 0.6 is 11.8 Å². The molecule has 2 aliphatic heterocycles. The van der Waals surface area contributed by atoms with E-state index in [1.165, 1.54) is 5.70 Å². The third-order valence-corrected chi connectivity index (χ3v) is 5.81. The lowest BCUT2D eigenvalue weighted by atomic mass is 10.2. The Hall–Kier alpha value is -2.48. The van der Waals surface area contributed by atoms with E-state index in [1.807, 2.05) is 35.1 Å². The van der Waals surface area contributed by atoms with E-state index in [0.717, 1.165) is 23.6 Å².